The molecule has 0 radical (unpaired) electrons. The van der Waals surface area contributed by atoms with Gasteiger partial charge < -0.3 is 14.2 Å². The van der Waals surface area contributed by atoms with Crippen LogP contribution in [0, 0.1) is 0 Å². The van der Waals surface area contributed by atoms with E-state index in [0.29, 0.717) is 16.5 Å². The highest BCUT2D eigenvalue weighted by Crippen LogP contribution is 2.34. The fourth-order valence-corrected chi connectivity index (χ4v) is 2.91. The number of carbonyl (C=O) groups is 2. The van der Waals surface area contributed by atoms with Crippen molar-refractivity contribution in [3.8, 4) is 17.1 Å². The highest BCUT2D eigenvalue weighted by atomic mass is 19.4. The van der Waals surface area contributed by atoms with Crippen molar-refractivity contribution in [3.63, 3.8) is 0 Å². The van der Waals surface area contributed by atoms with Crippen molar-refractivity contribution in [1.82, 2.24) is 14.3 Å². The molecule has 0 aliphatic rings. The van der Waals surface area contributed by atoms with E-state index in [9.17, 15) is 22.8 Å². The second-order valence-corrected chi connectivity index (χ2v) is 6.11. The normalized spacial score (nSPS) is 11.5. The number of rotatable bonds is 4. The van der Waals surface area contributed by atoms with Crippen molar-refractivity contribution in [2.24, 2.45) is 7.05 Å². The fraction of sp³-hybridized carbons (Fsp3) is 0.316. The van der Waals surface area contributed by atoms with E-state index in [1.807, 2.05) is 0 Å². The van der Waals surface area contributed by atoms with Gasteiger partial charge in [0.2, 0.25) is 5.88 Å². The summed E-state index contributed by atoms with van der Waals surface area (Å²) in [5.41, 5.74) is -0.0251. The molecule has 8 nitrogen and oxygen atoms in total. The zero-order valence-corrected chi connectivity index (χ0v) is 16.3. The van der Waals surface area contributed by atoms with Crippen molar-refractivity contribution in [1.29, 1.82) is 0 Å². The van der Waals surface area contributed by atoms with Crippen LogP contribution in [0.4, 0.5) is 22.8 Å². The first-order chi connectivity index (χ1) is 14.2. The van der Waals surface area contributed by atoms with Crippen LogP contribution in [-0.2, 0) is 22.7 Å². The van der Waals surface area contributed by atoms with E-state index in [-0.39, 0.29) is 24.8 Å². The summed E-state index contributed by atoms with van der Waals surface area (Å²) in [6, 6.07) is 6.93. The SMILES string of the molecule is CCOC(=O)Oc1cc2cc(-c3cc(C(F)(F)F)nn3C)ccc2n1C(=O)OCC. The summed E-state index contributed by atoms with van der Waals surface area (Å²) in [4.78, 5) is 24.1. The highest BCUT2D eigenvalue weighted by Gasteiger charge is 2.34. The summed E-state index contributed by atoms with van der Waals surface area (Å²) in [5.74, 6) is -0.139. The highest BCUT2D eigenvalue weighted by molar-refractivity contribution is 5.94. The Morgan fingerprint density at radius 3 is 2.37 bits per heavy atom. The van der Waals surface area contributed by atoms with Crippen LogP contribution in [0.1, 0.15) is 19.5 Å². The molecular weight excluding hydrogens is 407 g/mol. The van der Waals surface area contributed by atoms with Crippen molar-refractivity contribution in [3.05, 3.63) is 36.0 Å². The topological polar surface area (TPSA) is 84.6 Å². The summed E-state index contributed by atoms with van der Waals surface area (Å²) in [7, 11) is 1.40. The number of benzene rings is 1. The smallest absolute Gasteiger partial charge is 0.449 e. The Labute approximate surface area is 168 Å². The van der Waals surface area contributed by atoms with Gasteiger partial charge in [-0.25, -0.2) is 14.2 Å². The van der Waals surface area contributed by atoms with Crippen LogP contribution in [0.5, 0.6) is 5.88 Å². The number of aromatic nitrogens is 3. The third kappa shape index (κ3) is 4.09. The quantitative estimate of drug-likeness (QED) is 0.568. The van der Waals surface area contributed by atoms with E-state index < -0.39 is 24.1 Å². The lowest BCUT2D eigenvalue weighted by Gasteiger charge is -2.09. The molecule has 2 heterocycles. The molecule has 160 valence electrons. The third-order valence-corrected chi connectivity index (χ3v) is 4.13. The number of halogens is 3. The lowest BCUT2D eigenvalue weighted by molar-refractivity contribution is -0.141. The van der Waals surface area contributed by atoms with E-state index in [4.69, 9.17) is 14.2 Å². The molecule has 11 heteroatoms. The number of hydrogen-bond acceptors (Lipinski definition) is 6. The number of aryl methyl sites for hydroxylation is 1. The van der Waals surface area contributed by atoms with Crippen LogP contribution in [0.15, 0.2) is 30.3 Å². The van der Waals surface area contributed by atoms with Gasteiger partial charge >= 0.3 is 18.4 Å². The predicted octanol–water partition coefficient (Wildman–Crippen LogP) is 4.60. The molecule has 0 N–H and O–H groups in total. The summed E-state index contributed by atoms with van der Waals surface area (Å²) < 4.78 is 55.9. The molecule has 0 unspecified atom stereocenters. The largest absolute Gasteiger partial charge is 0.515 e. The molecule has 1 aromatic carbocycles. The molecule has 3 rings (SSSR count). The van der Waals surface area contributed by atoms with Gasteiger partial charge in [0, 0.05) is 24.1 Å². The Morgan fingerprint density at radius 2 is 1.77 bits per heavy atom. The van der Waals surface area contributed by atoms with Gasteiger partial charge in [-0.3, -0.25) is 4.68 Å². The Morgan fingerprint density at radius 1 is 1.07 bits per heavy atom. The molecule has 0 aliphatic heterocycles. The Balaban J connectivity index is 2.09. The maximum atomic E-state index is 13.0. The maximum absolute atomic E-state index is 13.0. The number of ether oxygens (including phenoxy) is 3. The van der Waals surface area contributed by atoms with E-state index in [1.54, 1.807) is 19.9 Å². The Bertz CT molecular complexity index is 1100. The van der Waals surface area contributed by atoms with Crippen LogP contribution < -0.4 is 4.74 Å². The molecular formula is C19H18F3N3O5. The number of fused-ring (bicyclic) bond motifs is 1. The Hall–Kier alpha value is -3.50. The lowest BCUT2D eigenvalue weighted by Crippen LogP contribution is -2.18. The van der Waals surface area contributed by atoms with Crippen molar-refractivity contribution >= 4 is 23.2 Å². The minimum absolute atomic E-state index is 0.0741. The van der Waals surface area contributed by atoms with Gasteiger partial charge in [-0.15, -0.1) is 0 Å². The standard InChI is InChI=1S/C19H18F3N3O5/c1-4-28-17(26)25-13-7-6-11(14-10-15(19(20,21)22)23-24(14)3)8-12(13)9-16(25)30-18(27)29-5-2/h6-10H,4-5H2,1-3H3. The first kappa shape index (κ1) is 21.2. The molecule has 0 aliphatic carbocycles. The first-order valence-electron chi connectivity index (χ1n) is 8.94. The summed E-state index contributed by atoms with van der Waals surface area (Å²) in [6.07, 6.45) is -6.36. The third-order valence-electron chi connectivity index (χ3n) is 4.13. The van der Waals surface area contributed by atoms with Crippen LogP contribution in [0.25, 0.3) is 22.2 Å². The molecule has 0 saturated heterocycles. The van der Waals surface area contributed by atoms with Gasteiger partial charge in [0.05, 0.1) is 24.4 Å². The minimum atomic E-state index is -4.58. The van der Waals surface area contributed by atoms with E-state index >= 15 is 0 Å². The zero-order chi connectivity index (χ0) is 22.1. The second-order valence-electron chi connectivity index (χ2n) is 6.11. The Kier molecular flexibility index (Phi) is 5.72. The van der Waals surface area contributed by atoms with Gasteiger partial charge in [-0.2, -0.15) is 18.3 Å². The van der Waals surface area contributed by atoms with Gasteiger partial charge in [0.1, 0.15) is 0 Å². The summed E-state index contributed by atoms with van der Waals surface area (Å²) >= 11 is 0. The number of carbonyl (C=O) groups excluding carboxylic acids is 2. The molecule has 0 bridgehead atoms. The van der Waals surface area contributed by atoms with Crippen LogP contribution in [0.3, 0.4) is 0 Å². The molecule has 0 spiro atoms. The van der Waals surface area contributed by atoms with Gasteiger partial charge in [-0.05, 0) is 32.0 Å². The predicted molar refractivity (Wildman–Crippen MR) is 99.2 cm³/mol. The number of hydrogen-bond donors (Lipinski definition) is 0. The number of nitrogens with zero attached hydrogens (tertiary/aromatic N) is 3. The molecule has 30 heavy (non-hydrogen) atoms. The second kappa shape index (κ2) is 8.09. The monoisotopic (exact) mass is 425 g/mol. The average molecular weight is 425 g/mol. The first-order valence-corrected chi connectivity index (χ1v) is 8.94. The van der Waals surface area contributed by atoms with Crippen molar-refractivity contribution in [2.45, 2.75) is 20.0 Å². The van der Waals surface area contributed by atoms with Gasteiger partial charge in [-0.1, -0.05) is 6.07 Å². The van der Waals surface area contributed by atoms with Crippen LogP contribution >= 0.6 is 0 Å². The lowest BCUT2D eigenvalue weighted by atomic mass is 10.1. The van der Waals surface area contributed by atoms with Crippen molar-refractivity contribution in [2.75, 3.05) is 13.2 Å². The molecule has 0 atom stereocenters. The van der Waals surface area contributed by atoms with Crippen LogP contribution in [0.2, 0.25) is 0 Å². The number of alkyl halides is 3. The molecule has 3 aromatic rings. The summed E-state index contributed by atoms with van der Waals surface area (Å²) in [6.45, 7) is 3.38. The van der Waals surface area contributed by atoms with Gasteiger partial charge in [0.25, 0.3) is 0 Å². The van der Waals surface area contributed by atoms with Crippen LogP contribution in [-0.4, -0.2) is 39.8 Å². The van der Waals surface area contributed by atoms with E-state index in [2.05, 4.69) is 5.10 Å². The van der Waals surface area contributed by atoms with E-state index in [1.165, 1.54) is 25.2 Å². The maximum Gasteiger partial charge on any atom is 0.515 e. The van der Waals surface area contributed by atoms with Gasteiger partial charge in [0.15, 0.2) is 5.69 Å². The summed E-state index contributed by atoms with van der Waals surface area (Å²) in [5, 5.41) is 3.94. The molecule has 0 saturated carbocycles. The molecule has 0 fully saturated rings. The van der Waals surface area contributed by atoms with E-state index in [0.717, 1.165) is 15.3 Å². The fourth-order valence-electron chi connectivity index (χ4n) is 2.91. The molecule has 2 aromatic heterocycles. The average Bonchev–Trinajstić information content (AvgIpc) is 3.21. The molecule has 0 amide bonds. The van der Waals surface area contributed by atoms with Crippen molar-refractivity contribution < 1.29 is 37.0 Å². The minimum Gasteiger partial charge on any atom is -0.449 e. The zero-order valence-electron chi connectivity index (χ0n) is 16.3.